The lowest BCUT2D eigenvalue weighted by atomic mass is 9.88. The van der Waals surface area contributed by atoms with Gasteiger partial charge < -0.3 is 15.7 Å². The maximum absolute atomic E-state index is 12.3. The summed E-state index contributed by atoms with van der Waals surface area (Å²) >= 11 is 0. The second-order valence-corrected chi connectivity index (χ2v) is 7.03. The van der Waals surface area contributed by atoms with E-state index in [1.165, 1.54) is 6.42 Å². The molecular weight excluding hydrogens is 320 g/mol. The molecule has 0 saturated heterocycles. The Hall–Kier alpha value is -2.37. The number of nitrogens with one attached hydrogen (secondary N) is 2. The molecule has 0 aliphatic heterocycles. The van der Waals surface area contributed by atoms with Crippen molar-refractivity contribution in [1.82, 2.24) is 5.32 Å². The van der Waals surface area contributed by atoms with Gasteiger partial charge in [0, 0.05) is 18.2 Å². The van der Waals surface area contributed by atoms with Crippen molar-refractivity contribution in [1.29, 1.82) is 0 Å². The molecule has 0 radical (unpaired) electrons. The number of hydrogen-bond acceptors (Lipinski definition) is 3. The van der Waals surface area contributed by atoms with Crippen molar-refractivity contribution in [2.45, 2.75) is 45.1 Å². The first-order valence-electron chi connectivity index (χ1n) is 8.95. The molecule has 1 aromatic carbocycles. The number of benzene rings is 1. The van der Waals surface area contributed by atoms with E-state index in [0.717, 1.165) is 36.9 Å². The molecule has 0 spiro atoms. The SMILES string of the molecule is O=C(Nc1cccc(CNC(=O)[C@H]2C[C@H]2C(=O)O)c1)C1CCCCC1. The van der Waals surface area contributed by atoms with Crippen LogP contribution in [0.2, 0.25) is 0 Å². The molecule has 2 aliphatic carbocycles. The highest BCUT2D eigenvalue weighted by atomic mass is 16.4. The highest BCUT2D eigenvalue weighted by Crippen LogP contribution is 2.38. The minimum absolute atomic E-state index is 0.0724. The number of amides is 2. The zero-order chi connectivity index (χ0) is 17.8. The number of carboxylic acids is 1. The van der Waals surface area contributed by atoms with Gasteiger partial charge in [0.05, 0.1) is 11.8 Å². The van der Waals surface area contributed by atoms with Crippen LogP contribution < -0.4 is 10.6 Å². The summed E-state index contributed by atoms with van der Waals surface area (Å²) in [6, 6.07) is 7.41. The molecule has 6 nitrogen and oxygen atoms in total. The van der Waals surface area contributed by atoms with Crippen LogP contribution in [0.5, 0.6) is 0 Å². The van der Waals surface area contributed by atoms with Crippen LogP contribution in [-0.4, -0.2) is 22.9 Å². The van der Waals surface area contributed by atoms with Crippen LogP contribution in [0, 0.1) is 17.8 Å². The van der Waals surface area contributed by atoms with Crippen molar-refractivity contribution in [3.8, 4) is 0 Å². The average molecular weight is 344 g/mol. The van der Waals surface area contributed by atoms with E-state index in [2.05, 4.69) is 10.6 Å². The molecular formula is C19H24N2O4. The van der Waals surface area contributed by atoms with Gasteiger partial charge in [0.1, 0.15) is 0 Å². The summed E-state index contributed by atoms with van der Waals surface area (Å²) in [5, 5.41) is 14.6. The minimum Gasteiger partial charge on any atom is -0.481 e. The van der Waals surface area contributed by atoms with E-state index < -0.39 is 17.8 Å². The lowest BCUT2D eigenvalue weighted by Crippen LogP contribution is -2.26. The van der Waals surface area contributed by atoms with E-state index in [0.29, 0.717) is 13.0 Å². The molecule has 6 heteroatoms. The van der Waals surface area contributed by atoms with Crippen molar-refractivity contribution in [3.63, 3.8) is 0 Å². The Bertz CT molecular complexity index is 667. The van der Waals surface area contributed by atoms with Gasteiger partial charge in [-0.3, -0.25) is 14.4 Å². The van der Waals surface area contributed by atoms with Gasteiger partial charge in [-0.15, -0.1) is 0 Å². The van der Waals surface area contributed by atoms with E-state index >= 15 is 0 Å². The zero-order valence-electron chi connectivity index (χ0n) is 14.2. The Balaban J connectivity index is 1.50. The second-order valence-electron chi connectivity index (χ2n) is 7.03. The fraction of sp³-hybridized carbons (Fsp3) is 0.526. The van der Waals surface area contributed by atoms with Gasteiger partial charge in [0.2, 0.25) is 11.8 Å². The van der Waals surface area contributed by atoms with Gasteiger partial charge in [-0.2, -0.15) is 0 Å². The molecule has 2 atom stereocenters. The lowest BCUT2D eigenvalue weighted by Gasteiger charge is -2.20. The second kappa shape index (κ2) is 7.68. The minimum atomic E-state index is -0.910. The standard InChI is InChI=1S/C19H24N2O4/c22-17(13-6-2-1-3-7-13)21-14-8-4-5-12(9-14)11-20-18(23)15-10-16(15)19(24)25/h4-5,8-9,13,15-16H,1-3,6-7,10-11H2,(H,20,23)(H,21,22)(H,24,25)/t15-,16+/m0/s1. The number of aliphatic carboxylic acids is 1. The number of carboxylic acid groups (broad SMARTS) is 1. The molecule has 2 amide bonds. The maximum Gasteiger partial charge on any atom is 0.307 e. The monoisotopic (exact) mass is 344 g/mol. The molecule has 0 aromatic heterocycles. The molecule has 1 aromatic rings. The Morgan fingerprint density at radius 2 is 1.80 bits per heavy atom. The van der Waals surface area contributed by atoms with Crippen molar-refractivity contribution >= 4 is 23.5 Å². The third kappa shape index (κ3) is 4.59. The quantitative estimate of drug-likeness (QED) is 0.739. The number of carbonyl (C=O) groups excluding carboxylic acids is 2. The van der Waals surface area contributed by atoms with Gasteiger partial charge >= 0.3 is 5.97 Å². The van der Waals surface area contributed by atoms with Crippen molar-refractivity contribution in [3.05, 3.63) is 29.8 Å². The van der Waals surface area contributed by atoms with Gasteiger partial charge in [-0.1, -0.05) is 31.4 Å². The number of rotatable bonds is 6. The molecule has 0 bridgehead atoms. The average Bonchev–Trinajstić information content (AvgIpc) is 3.42. The number of carbonyl (C=O) groups is 3. The molecule has 3 N–H and O–H groups in total. The van der Waals surface area contributed by atoms with Crippen LogP contribution in [-0.2, 0) is 20.9 Å². The normalized spacial score (nSPS) is 22.9. The lowest BCUT2D eigenvalue weighted by molar-refractivity contribution is -0.140. The summed E-state index contributed by atoms with van der Waals surface area (Å²) in [5.74, 6) is -1.91. The topological polar surface area (TPSA) is 95.5 Å². The summed E-state index contributed by atoms with van der Waals surface area (Å²) in [6.07, 6.45) is 5.76. The molecule has 2 saturated carbocycles. The molecule has 25 heavy (non-hydrogen) atoms. The van der Waals surface area contributed by atoms with Gasteiger partial charge in [-0.25, -0.2) is 0 Å². The highest BCUT2D eigenvalue weighted by Gasteiger charge is 2.48. The fourth-order valence-corrected chi connectivity index (χ4v) is 3.45. The van der Waals surface area contributed by atoms with E-state index in [1.54, 1.807) is 0 Å². The predicted octanol–water partition coefficient (Wildman–Crippen LogP) is 2.54. The number of hydrogen-bond donors (Lipinski definition) is 3. The van der Waals surface area contributed by atoms with Crippen LogP contribution >= 0.6 is 0 Å². The van der Waals surface area contributed by atoms with E-state index in [-0.39, 0.29) is 17.7 Å². The van der Waals surface area contributed by atoms with Crippen LogP contribution in [0.3, 0.4) is 0 Å². The first-order valence-corrected chi connectivity index (χ1v) is 8.95. The van der Waals surface area contributed by atoms with Crippen LogP contribution in [0.4, 0.5) is 5.69 Å². The Kier molecular flexibility index (Phi) is 5.36. The Morgan fingerprint density at radius 1 is 1.04 bits per heavy atom. The molecule has 134 valence electrons. The molecule has 3 rings (SSSR count). The molecule has 2 aliphatic rings. The van der Waals surface area contributed by atoms with Crippen LogP contribution in [0.15, 0.2) is 24.3 Å². The van der Waals surface area contributed by atoms with Gasteiger partial charge in [0.15, 0.2) is 0 Å². The van der Waals surface area contributed by atoms with Gasteiger partial charge in [0.25, 0.3) is 0 Å². The van der Waals surface area contributed by atoms with E-state index in [4.69, 9.17) is 5.11 Å². The van der Waals surface area contributed by atoms with Gasteiger partial charge in [-0.05, 0) is 37.0 Å². The van der Waals surface area contributed by atoms with Crippen molar-refractivity contribution < 1.29 is 19.5 Å². The smallest absolute Gasteiger partial charge is 0.307 e. The largest absolute Gasteiger partial charge is 0.481 e. The summed E-state index contributed by atoms with van der Waals surface area (Å²) in [5.41, 5.74) is 1.61. The predicted molar refractivity (Wildman–Crippen MR) is 92.7 cm³/mol. The van der Waals surface area contributed by atoms with E-state index in [1.807, 2.05) is 24.3 Å². The Morgan fingerprint density at radius 3 is 2.48 bits per heavy atom. The molecule has 0 heterocycles. The first-order chi connectivity index (χ1) is 12.0. The van der Waals surface area contributed by atoms with Crippen LogP contribution in [0.25, 0.3) is 0 Å². The third-order valence-electron chi connectivity index (χ3n) is 5.08. The molecule has 2 fully saturated rings. The van der Waals surface area contributed by atoms with Crippen LogP contribution in [0.1, 0.15) is 44.1 Å². The van der Waals surface area contributed by atoms with Crippen molar-refractivity contribution in [2.75, 3.05) is 5.32 Å². The number of anilines is 1. The fourth-order valence-electron chi connectivity index (χ4n) is 3.45. The van der Waals surface area contributed by atoms with Crippen molar-refractivity contribution in [2.24, 2.45) is 17.8 Å². The first kappa shape index (κ1) is 17.5. The summed E-state index contributed by atoms with van der Waals surface area (Å²) in [4.78, 5) is 35.0. The summed E-state index contributed by atoms with van der Waals surface area (Å²) < 4.78 is 0. The maximum atomic E-state index is 12.3. The zero-order valence-corrected chi connectivity index (χ0v) is 14.2. The summed E-state index contributed by atoms with van der Waals surface area (Å²) in [7, 11) is 0. The Labute approximate surface area is 147 Å². The molecule has 0 unspecified atom stereocenters. The third-order valence-corrected chi connectivity index (χ3v) is 5.08. The summed E-state index contributed by atoms with van der Waals surface area (Å²) in [6.45, 7) is 0.328. The van der Waals surface area contributed by atoms with E-state index in [9.17, 15) is 14.4 Å². The highest BCUT2D eigenvalue weighted by molar-refractivity contribution is 5.92.